The first-order valence-electron chi connectivity index (χ1n) is 7.58. The lowest BCUT2D eigenvalue weighted by Gasteiger charge is -2.15. The molecule has 0 aliphatic rings. The Hall–Kier alpha value is -0.375. The van der Waals surface area contributed by atoms with E-state index in [-0.39, 0.29) is 5.92 Å². The van der Waals surface area contributed by atoms with Crippen LogP contribution < -0.4 is 0 Å². The molecule has 0 heterocycles. The zero-order valence-corrected chi connectivity index (χ0v) is 14.4. The van der Waals surface area contributed by atoms with Gasteiger partial charge in [-0.1, -0.05) is 26.7 Å². The number of nitriles is 1. The molecule has 0 aromatic heterocycles. The molecule has 1 nitrogen and oxygen atoms in total. The van der Waals surface area contributed by atoms with Crippen LogP contribution >= 0.6 is 0 Å². The molecule has 3 unspecified atom stereocenters. The summed E-state index contributed by atoms with van der Waals surface area (Å²) < 4.78 is 39.0. The summed E-state index contributed by atoms with van der Waals surface area (Å²) in [6.07, 6.45) is 5.38. The standard InChI is InChI=1S/C14H28NS.BF4/c1-5-8-9-14(6-2)12-16(7-3)11-13(4)10-15;2-1(3,4)5/h13-14H,5-9,11-12H2,1-4H3;/q+1;-1. The zero-order valence-electron chi connectivity index (χ0n) is 13.5. The average Bonchev–Trinajstić information content (AvgIpc) is 2.39. The summed E-state index contributed by atoms with van der Waals surface area (Å²) in [5.74, 6) is 4.88. The van der Waals surface area contributed by atoms with Gasteiger partial charge in [-0.3, -0.25) is 0 Å². The van der Waals surface area contributed by atoms with Crippen LogP contribution in [-0.2, 0) is 10.9 Å². The van der Waals surface area contributed by atoms with E-state index >= 15 is 0 Å². The fourth-order valence-corrected chi connectivity index (χ4v) is 4.38. The van der Waals surface area contributed by atoms with Crippen molar-refractivity contribution in [3.8, 4) is 6.07 Å². The number of unbranched alkanes of at least 4 members (excludes halogenated alkanes) is 1. The molecule has 21 heavy (non-hydrogen) atoms. The van der Waals surface area contributed by atoms with Gasteiger partial charge < -0.3 is 17.3 Å². The second-order valence-electron chi connectivity index (χ2n) is 5.18. The quantitative estimate of drug-likeness (QED) is 0.320. The fraction of sp³-hybridized carbons (Fsp3) is 0.929. The number of hydrogen-bond acceptors (Lipinski definition) is 1. The van der Waals surface area contributed by atoms with Crippen LogP contribution in [0.3, 0.4) is 0 Å². The SMILES string of the molecule is CCCCC(CC)C[S+](CC)CC(C)C#N.F[B-](F)(F)F. The van der Waals surface area contributed by atoms with E-state index in [4.69, 9.17) is 5.26 Å². The van der Waals surface area contributed by atoms with Crippen LogP contribution in [0.15, 0.2) is 0 Å². The van der Waals surface area contributed by atoms with Crippen molar-refractivity contribution >= 4 is 18.1 Å². The first-order chi connectivity index (χ1) is 9.67. The van der Waals surface area contributed by atoms with E-state index in [1.807, 2.05) is 0 Å². The third kappa shape index (κ3) is 19.6. The summed E-state index contributed by atoms with van der Waals surface area (Å²) in [6.45, 7) is 8.91. The molecule has 0 aliphatic heterocycles. The Kier molecular flexibility index (Phi) is 14.5. The molecule has 0 aromatic rings. The second kappa shape index (κ2) is 13.3. The van der Waals surface area contributed by atoms with Crippen molar-refractivity contribution in [3.05, 3.63) is 0 Å². The lowest BCUT2D eigenvalue weighted by molar-refractivity contribution is 0.368. The number of rotatable bonds is 9. The van der Waals surface area contributed by atoms with E-state index in [0.717, 1.165) is 11.7 Å². The lowest BCUT2D eigenvalue weighted by atomic mass is 10.0. The minimum Gasteiger partial charge on any atom is -0.418 e. The van der Waals surface area contributed by atoms with Crippen molar-refractivity contribution in [1.82, 2.24) is 0 Å². The van der Waals surface area contributed by atoms with Crippen molar-refractivity contribution in [2.24, 2.45) is 11.8 Å². The summed E-state index contributed by atoms with van der Waals surface area (Å²) in [6, 6.07) is 2.37. The Morgan fingerprint density at radius 1 is 1.10 bits per heavy atom. The summed E-state index contributed by atoms with van der Waals surface area (Å²) >= 11 is 0. The third-order valence-electron chi connectivity index (χ3n) is 3.13. The van der Waals surface area contributed by atoms with Gasteiger partial charge >= 0.3 is 7.25 Å². The number of halogens is 4. The van der Waals surface area contributed by atoms with Crippen molar-refractivity contribution in [2.75, 3.05) is 17.3 Å². The minimum absolute atomic E-state index is 0.243. The highest BCUT2D eigenvalue weighted by Gasteiger charge is 2.23. The highest BCUT2D eigenvalue weighted by molar-refractivity contribution is 7.96. The van der Waals surface area contributed by atoms with Gasteiger partial charge in [-0.2, -0.15) is 5.26 Å². The molecular weight excluding hydrogens is 301 g/mol. The van der Waals surface area contributed by atoms with E-state index in [9.17, 15) is 17.3 Å². The monoisotopic (exact) mass is 329 g/mol. The van der Waals surface area contributed by atoms with Crippen LogP contribution in [0, 0.1) is 23.2 Å². The predicted molar refractivity (Wildman–Crippen MR) is 85.9 cm³/mol. The number of hydrogen-bond donors (Lipinski definition) is 0. The van der Waals surface area contributed by atoms with Gasteiger partial charge in [-0.25, -0.2) is 0 Å². The summed E-state index contributed by atoms with van der Waals surface area (Å²) in [5.41, 5.74) is 0. The maximum absolute atomic E-state index is 9.75. The van der Waals surface area contributed by atoms with Crippen molar-refractivity contribution in [3.63, 3.8) is 0 Å². The van der Waals surface area contributed by atoms with Gasteiger partial charge in [0.15, 0.2) is 0 Å². The molecule has 0 amide bonds. The fourth-order valence-electron chi connectivity index (χ4n) is 1.93. The van der Waals surface area contributed by atoms with E-state index in [1.165, 1.54) is 37.2 Å². The zero-order chi connectivity index (χ0) is 16.9. The van der Waals surface area contributed by atoms with Gasteiger partial charge in [0.05, 0.1) is 12.0 Å². The van der Waals surface area contributed by atoms with E-state index < -0.39 is 7.25 Å². The topological polar surface area (TPSA) is 23.8 Å². The molecule has 7 heteroatoms. The molecule has 126 valence electrons. The average molecular weight is 329 g/mol. The highest BCUT2D eigenvalue weighted by atomic mass is 32.2. The molecule has 0 saturated carbocycles. The Morgan fingerprint density at radius 2 is 1.62 bits per heavy atom. The molecule has 0 aromatic carbocycles. The summed E-state index contributed by atoms with van der Waals surface area (Å²) in [4.78, 5) is 0. The van der Waals surface area contributed by atoms with Gasteiger partial charge in [-0.15, -0.1) is 0 Å². The lowest BCUT2D eigenvalue weighted by Crippen LogP contribution is -2.24. The Balaban J connectivity index is 0. The van der Waals surface area contributed by atoms with E-state index in [2.05, 4.69) is 33.8 Å². The van der Waals surface area contributed by atoms with Gasteiger partial charge in [0.2, 0.25) is 0 Å². The summed E-state index contributed by atoms with van der Waals surface area (Å²) in [7, 11) is -5.52. The molecule has 0 fully saturated rings. The predicted octanol–water partition coefficient (Wildman–Crippen LogP) is 5.30. The number of nitrogens with zero attached hydrogens (tertiary/aromatic N) is 1. The van der Waals surface area contributed by atoms with Crippen LogP contribution in [0.5, 0.6) is 0 Å². The van der Waals surface area contributed by atoms with Crippen LogP contribution in [0.2, 0.25) is 0 Å². The molecule has 3 atom stereocenters. The van der Waals surface area contributed by atoms with Crippen LogP contribution in [0.25, 0.3) is 0 Å². The molecular formula is C14H28BF4NS. The summed E-state index contributed by atoms with van der Waals surface area (Å²) in [5, 5.41) is 8.87. The first kappa shape index (κ1) is 22.9. The molecule has 0 aliphatic carbocycles. The third-order valence-corrected chi connectivity index (χ3v) is 5.86. The highest BCUT2D eigenvalue weighted by Crippen LogP contribution is 2.18. The van der Waals surface area contributed by atoms with E-state index in [0.29, 0.717) is 10.9 Å². The maximum atomic E-state index is 9.75. The second-order valence-corrected chi connectivity index (χ2v) is 7.64. The van der Waals surface area contributed by atoms with Crippen LogP contribution in [0.1, 0.15) is 53.4 Å². The largest absolute Gasteiger partial charge is 0.673 e. The van der Waals surface area contributed by atoms with Gasteiger partial charge in [0.1, 0.15) is 17.3 Å². The van der Waals surface area contributed by atoms with Gasteiger partial charge in [0.25, 0.3) is 0 Å². The van der Waals surface area contributed by atoms with Crippen molar-refractivity contribution in [1.29, 1.82) is 5.26 Å². The molecule has 0 rings (SSSR count). The van der Waals surface area contributed by atoms with E-state index in [1.54, 1.807) is 0 Å². The Morgan fingerprint density at radius 3 is 1.95 bits per heavy atom. The maximum Gasteiger partial charge on any atom is 0.673 e. The van der Waals surface area contributed by atoms with Crippen molar-refractivity contribution < 1.29 is 17.3 Å². The normalized spacial score (nSPS) is 15.4. The smallest absolute Gasteiger partial charge is 0.418 e. The molecule has 0 spiro atoms. The van der Waals surface area contributed by atoms with Gasteiger partial charge in [-0.05, 0) is 37.6 Å². The molecule has 0 bridgehead atoms. The van der Waals surface area contributed by atoms with Crippen LogP contribution in [-0.4, -0.2) is 24.5 Å². The van der Waals surface area contributed by atoms with Crippen LogP contribution in [0.4, 0.5) is 17.3 Å². The molecule has 0 radical (unpaired) electrons. The van der Waals surface area contributed by atoms with Crippen molar-refractivity contribution in [2.45, 2.75) is 53.4 Å². The molecule has 0 N–H and O–H groups in total. The van der Waals surface area contributed by atoms with Gasteiger partial charge in [0, 0.05) is 5.92 Å². The minimum atomic E-state index is -6.00. The Labute approximate surface area is 129 Å². The molecule has 0 saturated heterocycles. The first-order valence-corrected chi connectivity index (χ1v) is 9.31. The Bertz CT molecular complexity index is 275.